The zero-order chi connectivity index (χ0) is 11.0. The first-order valence-electron chi connectivity index (χ1n) is 6.51. The zero-order valence-corrected chi connectivity index (χ0v) is 10.5. The zero-order valence-electron chi connectivity index (χ0n) is 9.64. The van der Waals surface area contributed by atoms with Gasteiger partial charge in [-0.1, -0.05) is 12.5 Å². The molecule has 1 aromatic rings. The smallest absolute Gasteiger partial charge is 0.0591 e. The molecule has 2 saturated carbocycles. The maximum Gasteiger partial charge on any atom is 0.0591 e. The average molecular weight is 236 g/mol. The van der Waals surface area contributed by atoms with Crippen molar-refractivity contribution in [2.24, 2.45) is 17.8 Å². The predicted octanol–water partition coefficient (Wildman–Crippen LogP) is 3.48. The second kappa shape index (κ2) is 4.50. The Morgan fingerprint density at radius 2 is 2.31 bits per heavy atom. The maximum absolute atomic E-state index is 10.1. The number of aliphatic hydroxyl groups excluding tert-OH is 1. The van der Waals surface area contributed by atoms with Gasteiger partial charge < -0.3 is 5.11 Å². The first-order valence-corrected chi connectivity index (χ1v) is 7.39. The Balaban J connectivity index is 1.51. The number of thiophene rings is 1. The van der Waals surface area contributed by atoms with Crippen molar-refractivity contribution in [1.29, 1.82) is 0 Å². The van der Waals surface area contributed by atoms with Gasteiger partial charge in [0, 0.05) is 11.3 Å². The fourth-order valence-electron chi connectivity index (χ4n) is 3.76. The molecule has 2 bridgehead atoms. The Morgan fingerprint density at radius 3 is 2.94 bits per heavy atom. The monoisotopic (exact) mass is 236 g/mol. The summed E-state index contributed by atoms with van der Waals surface area (Å²) in [6, 6.07) is 4.21. The normalized spacial score (nSPS) is 34.4. The standard InChI is InChI=1S/C14H20OS/c15-13(9-14-2-1-5-16-14)8-12-7-10-3-4-11(12)6-10/h1-2,5,10-13,15H,3-4,6-9H2. The van der Waals surface area contributed by atoms with E-state index in [1.54, 1.807) is 11.3 Å². The largest absolute Gasteiger partial charge is 0.393 e. The molecule has 4 atom stereocenters. The summed E-state index contributed by atoms with van der Waals surface area (Å²) >= 11 is 1.76. The van der Waals surface area contributed by atoms with Crippen molar-refractivity contribution < 1.29 is 5.11 Å². The minimum atomic E-state index is -0.108. The molecule has 0 radical (unpaired) electrons. The highest BCUT2D eigenvalue weighted by molar-refractivity contribution is 7.09. The van der Waals surface area contributed by atoms with Crippen LogP contribution >= 0.6 is 11.3 Å². The van der Waals surface area contributed by atoms with Gasteiger partial charge in [-0.25, -0.2) is 0 Å². The van der Waals surface area contributed by atoms with E-state index in [0.717, 1.165) is 30.6 Å². The van der Waals surface area contributed by atoms with E-state index < -0.39 is 0 Å². The van der Waals surface area contributed by atoms with Crippen molar-refractivity contribution in [3.8, 4) is 0 Å². The van der Waals surface area contributed by atoms with Crippen LogP contribution in [0, 0.1) is 17.8 Å². The summed E-state index contributed by atoms with van der Waals surface area (Å²) in [5.74, 6) is 2.78. The highest BCUT2D eigenvalue weighted by Crippen LogP contribution is 2.49. The van der Waals surface area contributed by atoms with Gasteiger partial charge in [0.1, 0.15) is 0 Å². The summed E-state index contributed by atoms with van der Waals surface area (Å²) in [4.78, 5) is 1.33. The van der Waals surface area contributed by atoms with Crippen LogP contribution in [0.1, 0.15) is 37.0 Å². The Hall–Kier alpha value is -0.340. The summed E-state index contributed by atoms with van der Waals surface area (Å²) in [5, 5.41) is 12.2. The van der Waals surface area contributed by atoms with Crippen LogP contribution in [0.25, 0.3) is 0 Å². The van der Waals surface area contributed by atoms with Gasteiger partial charge in [0.2, 0.25) is 0 Å². The lowest BCUT2D eigenvalue weighted by molar-refractivity contribution is 0.125. The van der Waals surface area contributed by atoms with Gasteiger partial charge in [-0.2, -0.15) is 0 Å². The molecule has 1 N–H and O–H groups in total. The van der Waals surface area contributed by atoms with Gasteiger partial charge in [-0.05, 0) is 54.9 Å². The summed E-state index contributed by atoms with van der Waals surface area (Å²) in [6.07, 6.45) is 7.54. The second-order valence-electron chi connectivity index (χ2n) is 5.61. The molecule has 2 aliphatic carbocycles. The minimum Gasteiger partial charge on any atom is -0.393 e. The van der Waals surface area contributed by atoms with E-state index >= 15 is 0 Å². The van der Waals surface area contributed by atoms with Crippen LogP contribution in [-0.4, -0.2) is 11.2 Å². The molecular formula is C14H20OS. The molecule has 16 heavy (non-hydrogen) atoms. The van der Waals surface area contributed by atoms with Crippen molar-refractivity contribution in [3.05, 3.63) is 22.4 Å². The lowest BCUT2D eigenvalue weighted by Crippen LogP contribution is -2.19. The molecule has 2 aliphatic rings. The maximum atomic E-state index is 10.1. The van der Waals surface area contributed by atoms with E-state index in [1.807, 2.05) is 0 Å². The van der Waals surface area contributed by atoms with E-state index in [9.17, 15) is 5.11 Å². The number of rotatable bonds is 4. The number of hydrogen-bond acceptors (Lipinski definition) is 2. The third kappa shape index (κ3) is 2.18. The highest BCUT2D eigenvalue weighted by atomic mass is 32.1. The van der Waals surface area contributed by atoms with Gasteiger partial charge in [-0.3, -0.25) is 0 Å². The Kier molecular flexibility index (Phi) is 3.03. The van der Waals surface area contributed by atoms with Crippen LogP contribution in [0.15, 0.2) is 17.5 Å². The van der Waals surface area contributed by atoms with Crippen LogP contribution in [0.4, 0.5) is 0 Å². The first kappa shape index (κ1) is 10.8. The highest BCUT2D eigenvalue weighted by Gasteiger charge is 2.39. The third-order valence-electron chi connectivity index (χ3n) is 4.48. The Morgan fingerprint density at radius 1 is 1.38 bits per heavy atom. The van der Waals surface area contributed by atoms with Gasteiger partial charge in [0.15, 0.2) is 0 Å². The molecule has 2 fully saturated rings. The quantitative estimate of drug-likeness (QED) is 0.848. The van der Waals surface area contributed by atoms with Gasteiger partial charge in [0.05, 0.1) is 6.10 Å². The molecule has 0 saturated heterocycles. The van der Waals surface area contributed by atoms with Crippen LogP contribution in [0.3, 0.4) is 0 Å². The van der Waals surface area contributed by atoms with E-state index in [4.69, 9.17) is 0 Å². The molecule has 0 amide bonds. The summed E-state index contributed by atoms with van der Waals surface area (Å²) in [5.41, 5.74) is 0. The van der Waals surface area contributed by atoms with Crippen LogP contribution in [0.5, 0.6) is 0 Å². The first-order chi connectivity index (χ1) is 7.81. The molecule has 0 aromatic carbocycles. The lowest BCUT2D eigenvalue weighted by atomic mass is 9.84. The fourth-order valence-corrected chi connectivity index (χ4v) is 4.54. The molecular weight excluding hydrogens is 216 g/mol. The number of fused-ring (bicyclic) bond motifs is 2. The molecule has 1 nitrogen and oxygen atoms in total. The molecule has 1 heterocycles. The number of aliphatic hydroxyl groups is 1. The molecule has 1 aromatic heterocycles. The van der Waals surface area contributed by atoms with Gasteiger partial charge >= 0.3 is 0 Å². The summed E-state index contributed by atoms with van der Waals surface area (Å²) in [6.45, 7) is 0. The van der Waals surface area contributed by atoms with Crippen molar-refractivity contribution in [1.82, 2.24) is 0 Å². The van der Waals surface area contributed by atoms with E-state index in [2.05, 4.69) is 17.5 Å². The summed E-state index contributed by atoms with van der Waals surface area (Å²) in [7, 11) is 0. The predicted molar refractivity (Wildman–Crippen MR) is 67.6 cm³/mol. The van der Waals surface area contributed by atoms with E-state index in [-0.39, 0.29) is 6.10 Å². The van der Waals surface area contributed by atoms with Crippen molar-refractivity contribution in [3.63, 3.8) is 0 Å². The van der Waals surface area contributed by atoms with Crippen LogP contribution in [0.2, 0.25) is 0 Å². The van der Waals surface area contributed by atoms with Gasteiger partial charge in [0.25, 0.3) is 0 Å². The lowest BCUT2D eigenvalue weighted by Gasteiger charge is -2.23. The molecule has 88 valence electrons. The average Bonchev–Trinajstić information content (AvgIpc) is 2.92. The SMILES string of the molecule is OC(Cc1cccs1)CC1CC2CCC1C2. The minimum absolute atomic E-state index is 0.108. The van der Waals surface area contributed by atoms with Gasteiger partial charge in [-0.15, -0.1) is 11.3 Å². The molecule has 2 heteroatoms. The fraction of sp³-hybridized carbons (Fsp3) is 0.714. The Bertz CT molecular complexity index is 333. The Labute approximate surface area is 102 Å². The van der Waals surface area contributed by atoms with Crippen molar-refractivity contribution in [2.45, 2.75) is 44.6 Å². The summed E-state index contributed by atoms with van der Waals surface area (Å²) < 4.78 is 0. The second-order valence-corrected chi connectivity index (χ2v) is 6.64. The molecule has 0 aliphatic heterocycles. The molecule has 0 spiro atoms. The van der Waals surface area contributed by atoms with Crippen LogP contribution in [-0.2, 0) is 6.42 Å². The van der Waals surface area contributed by atoms with E-state index in [1.165, 1.54) is 30.6 Å². The van der Waals surface area contributed by atoms with Crippen LogP contribution < -0.4 is 0 Å². The number of hydrogen-bond donors (Lipinski definition) is 1. The molecule has 3 rings (SSSR count). The topological polar surface area (TPSA) is 20.2 Å². The van der Waals surface area contributed by atoms with Crippen molar-refractivity contribution in [2.75, 3.05) is 0 Å². The molecule has 4 unspecified atom stereocenters. The van der Waals surface area contributed by atoms with E-state index in [0.29, 0.717) is 0 Å². The third-order valence-corrected chi connectivity index (χ3v) is 5.37. The van der Waals surface area contributed by atoms with Crippen molar-refractivity contribution >= 4 is 11.3 Å².